The van der Waals surface area contributed by atoms with Gasteiger partial charge in [-0.1, -0.05) is 60.7 Å². The Morgan fingerprint density at radius 2 is 1.03 bits per heavy atom. The maximum absolute atomic E-state index is 10.1. The minimum atomic E-state index is -1.52. The van der Waals surface area contributed by atoms with Gasteiger partial charge in [-0.25, -0.2) is 9.97 Å². The number of carbonyl (C=O) groups excluding carboxylic acids is 2. The molecule has 4 N–H and O–H groups in total. The van der Waals surface area contributed by atoms with E-state index in [1.807, 2.05) is 0 Å². The van der Waals surface area contributed by atoms with E-state index in [-0.39, 0.29) is 16.5 Å². The molecule has 0 radical (unpaired) electrons. The van der Waals surface area contributed by atoms with Crippen LogP contribution in [0.4, 0.5) is 0 Å². The molecule has 2 atom stereocenters. The molecule has 0 unspecified atom stereocenters. The van der Waals surface area contributed by atoms with Crippen LogP contribution in [0.25, 0.3) is 0 Å². The van der Waals surface area contributed by atoms with Crippen molar-refractivity contribution in [3.8, 4) is 0 Å². The molecule has 2 aromatic heterocycles. The fourth-order valence-electron chi connectivity index (χ4n) is 1.97. The van der Waals surface area contributed by atoms with E-state index in [4.69, 9.17) is 10.2 Å². The van der Waals surface area contributed by atoms with E-state index in [1.54, 1.807) is 73.8 Å². The molecule has 2 heterocycles. The third-order valence-corrected chi connectivity index (χ3v) is 3.49. The van der Waals surface area contributed by atoms with E-state index in [2.05, 4.69) is 19.9 Å². The minimum Gasteiger partial charge on any atom is -0.547 e. The Hall–Kier alpha value is -3.79. The van der Waals surface area contributed by atoms with Crippen LogP contribution in [-0.4, -0.2) is 42.1 Å². The molecule has 2 aromatic carbocycles. The number of aliphatic hydroxyl groups excluding tert-OH is 2. The Morgan fingerprint density at radius 3 is 1.21 bits per heavy atom. The summed E-state index contributed by atoms with van der Waals surface area (Å²) in [5, 5.41) is 38.1. The number of nitrogens with zero attached hydrogens (tertiary/aromatic N) is 2. The van der Waals surface area contributed by atoms with E-state index in [0.717, 1.165) is 0 Å². The summed E-state index contributed by atoms with van der Waals surface area (Å²) in [4.78, 5) is 33.1. The number of imidazole rings is 2. The molecule has 11 heteroatoms. The summed E-state index contributed by atoms with van der Waals surface area (Å²) in [6.07, 6.45) is 7.13. The Labute approximate surface area is 199 Å². The van der Waals surface area contributed by atoms with Gasteiger partial charge >= 0.3 is 16.5 Å². The van der Waals surface area contributed by atoms with Crippen LogP contribution in [0, 0.1) is 0 Å². The summed E-state index contributed by atoms with van der Waals surface area (Å²) in [5.41, 5.74) is 0.681. The topological polar surface area (TPSA) is 178 Å². The molecular formula is C22H22N4NiO6. The zero-order valence-electron chi connectivity index (χ0n) is 17.1. The van der Waals surface area contributed by atoms with Crippen LogP contribution in [0.5, 0.6) is 0 Å². The van der Waals surface area contributed by atoms with Crippen molar-refractivity contribution in [2.45, 2.75) is 12.2 Å². The fourth-order valence-corrected chi connectivity index (χ4v) is 1.97. The molecule has 0 aliphatic carbocycles. The van der Waals surface area contributed by atoms with Gasteiger partial charge in [-0.2, -0.15) is 0 Å². The maximum Gasteiger partial charge on any atom is 2.00 e. The van der Waals surface area contributed by atoms with Crippen LogP contribution >= 0.6 is 0 Å². The van der Waals surface area contributed by atoms with Gasteiger partial charge in [0, 0.05) is 24.8 Å². The van der Waals surface area contributed by atoms with E-state index < -0.39 is 24.1 Å². The van der Waals surface area contributed by atoms with Crippen LogP contribution in [0.1, 0.15) is 23.3 Å². The second-order valence-corrected chi connectivity index (χ2v) is 5.79. The Bertz CT molecular complexity index is 855. The fraction of sp³-hybridized carbons (Fsp3) is 0.0909. The molecular weight excluding hydrogens is 475 g/mol. The maximum atomic E-state index is 10.1. The molecule has 10 nitrogen and oxygen atoms in total. The predicted octanol–water partition coefficient (Wildman–Crippen LogP) is -0.243. The molecule has 0 aliphatic heterocycles. The van der Waals surface area contributed by atoms with E-state index in [9.17, 15) is 19.8 Å². The second-order valence-electron chi connectivity index (χ2n) is 5.79. The van der Waals surface area contributed by atoms with Gasteiger partial charge in [-0.15, -0.1) is 0 Å². The summed E-state index contributed by atoms with van der Waals surface area (Å²) < 4.78 is 0. The number of aliphatic hydroxyl groups is 2. The molecule has 0 spiro atoms. The molecule has 0 saturated heterocycles. The SMILES string of the molecule is O=C([O-])[C@H](O)c1ccccc1.O=C([O-])[C@H](O)c1ccccc1.[Ni+2].c1c[nH]cn1.c1c[nH]cn1. The van der Waals surface area contributed by atoms with Crippen molar-refractivity contribution >= 4 is 11.9 Å². The molecule has 176 valence electrons. The van der Waals surface area contributed by atoms with Crippen LogP contribution in [0.3, 0.4) is 0 Å². The van der Waals surface area contributed by atoms with Gasteiger partial charge in [-0.05, 0) is 11.1 Å². The molecule has 0 fully saturated rings. The first kappa shape index (κ1) is 29.2. The number of aliphatic carboxylic acids is 2. The number of benzene rings is 2. The van der Waals surface area contributed by atoms with Gasteiger partial charge < -0.3 is 40.0 Å². The number of aromatic nitrogens is 4. The molecule has 4 aromatic rings. The number of carboxylic acid groups (broad SMARTS) is 2. The summed E-state index contributed by atoms with van der Waals surface area (Å²) in [6.45, 7) is 0. The molecule has 33 heavy (non-hydrogen) atoms. The molecule has 0 saturated carbocycles. The Kier molecular flexibility index (Phi) is 15.8. The van der Waals surface area contributed by atoms with Crippen molar-refractivity contribution in [3.05, 3.63) is 109 Å². The van der Waals surface area contributed by atoms with Gasteiger partial charge in [0.25, 0.3) is 0 Å². The number of nitrogens with one attached hydrogen (secondary N) is 2. The first-order valence-electron chi connectivity index (χ1n) is 9.16. The summed E-state index contributed by atoms with van der Waals surface area (Å²) in [6, 6.07) is 16.2. The van der Waals surface area contributed by atoms with Crippen molar-refractivity contribution in [2.24, 2.45) is 0 Å². The first-order chi connectivity index (χ1) is 15.4. The van der Waals surface area contributed by atoms with Gasteiger partial charge in [0.15, 0.2) is 0 Å². The van der Waals surface area contributed by atoms with Gasteiger partial charge in [-0.3, -0.25) is 0 Å². The number of rotatable bonds is 4. The van der Waals surface area contributed by atoms with Gasteiger partial charge in [0.1, 0.15) is 12.2 Å². The van der Waals surface area contributed by atoms with Crippen LogP contribution in [0.2, 0.25) is 0 Å². The number of aromatic amines is 2. The zero-order chi connectivity index (χ0) is 23.6. The van der Waals surface area contributed by atoms with E-state index in [0.29, 0.717) is 11.1 Å². The standard InChI is InChI=1S/2C8H8O3.2C3H4N2.Ni/c2*9-7(8(10)11)6-4-2-1-3-5-6;2*1-2-5-3-4-1;/h2*1-5,7,9H,(H,10,11);2*1-3H,(H,4,5);/q;;;;+2/p-2/t2*7-;;;/m11.../s1. The zero-order valence-corrected chi connectivity index (χ0v) is 18.1. The van der Waals surface area contributed by atoms with Gasteiger partial charge in [0.2, 0.25) is 0 Å². The first-order valence-corrected chi connectivity index (χ1v) is 9.16. The summed E-state index contributed by atoms with van der Waals surface area (Å²) >= 11 is 0. The van der Waals surface area contributed by atoms with Crippen molar-refractivity contribution in [2.75, 3.05) is 0 Å². The summed E-state index contributed by atoms with van der Waals surface area (Å²) in [7, 11) is 0. The number of hydrogen-bond acceptors (Lipinski definition) is 8. The second kappa shape index (κ2) is 17.8. The van der Waals surface area contributed by atoms with Crippen molar-refractivity contribution in [1.82, 2.24) is 19.9 Å². The molecule has 0 aliphatic rings. The largest absolute Gasteiger partial charge is 2.00 e. The van der Waals surface area contributed by atoms with Crippen molar-refractivity contribution in [3.63, 3.8) is 0 Å². The van der Waals surface area contributed by atoms with Crippen molar-refractivity contribution in [1.29, 1.82) is 0 Å². The average molecular weight is 497 g/mol. The van der Waals surface area contributed by atoms with Crippen LogP contribution in [-0.2, 0) is 26.1 Å². The smallest absolute Gasteiger partial charge is 0.547 e. The number of carboxylic acids is 2. The number of carbonyl (C=O) groups is 2. The third-order valence-electron chi connectivity index (χ3n) is 3.49. The Morgan fingerprint density at radius 1 is 0.697 bits per heavy atom. The number of H-pyrrole nitrogens is 2. The molecule has 0 bridgehead atoms. The van der Waals surface area contributed by atoms with Gasteiger partial charge in [0.05, 0.1) is 24.6 Å². The van der Waals surface area contributed by atoms with Crippen LogP contribution in [0.15, 0.2) is 98.1 Å². The van der Waals surface area contributed by atoms with Crippen LogP contribution < -0.4 is 10.2 Å². The van der Waals surface area contributed by atoms with E-state index >= 15 is 0 Å². The van der Waals surface area contributed by atoms with E-state index in [1.165, 1.54) is 24.3 Å². The molecule has 0 amide bonds. The monoisotopic (exact) mass is 496 g/mol. The Balaban J connectivity index is 0.000000434. The third kappa shape index (κ3) is 13.3. The predicted molar refractivity (Wildman–Crippen MR) is 110 cm³/mol. The molecule has 4 rings (SSSR count). The quantitative estimate of drug-likeness (QED) is 0.279. The number of hydrogen-bond donors (Lipinski definition) is 4. The minimum absolute atomic E-state index is 0. The normalized spacial score (nSPS) is 10.7. The van der Waals surface area contributed by atoms with Crippen molar-refractivity contribution < 1.29 is 46.5 Å². The average Bonchev–Trinajstić information content (AvgIpc) is 3.59. The summed E-state index contributed by atoms with van der Waals surface area (Å²) in [5.74, 6) is -2.95.